The maximum Gasteiger partial charge on any atom is 0.255 e. The van der Waals surface area contributed by atoms with Crippen LogP contribution in [-0.2, 0) is 15.9 Å². The zero-order valence-electron chi connectivity index (χ0n) is 16.7. The predicted molar refractivity (Wildman–Crippen MR) is 109 cm³/mol. The topological polar surface area (TPSA) is 72.9 Å². The van der Waals surface area contributed by atoms with Gasteiger partial charge in [-0.1, -0.05) is 12.1 Å². The van der Waals surface area contributed by atoms with Crippen molar-refractivity contribution in [2.75, 3.05) is 45.3 Å². The molecule has 2 aliphatic rings. The number of methoxy groups -OCH3 is 1. The monoisotopic (exact) mass is 397 g/mol. The van der Waals surface area contributed by atoms with Crippen LogP contribution >= 0.6 is 0 Å². The highest BCUT2D eigenvalue weighted by molar-refractivity contribution is 5.94. The summed E-state index contributed by atoms with van der Waals surface area (Å²) in [6, 6.07) is 11.7. The van der Waals surface area contributed by atoms with Crippen LogP contribution in [-0.4, -0.2) is 61.5 Å². The fourth-order valence-electron chi connectivity index (χ4n) is 3.77. The number of hydrogen-bond acceptors (Lipinski definition) is 6. The minimum atomic E-state index is -0.466. The molecule has 0 saturated carbocycles. The van der Waals surface area contributed by atoms with E-state index in [0.717, 1.165) is 37.4 Å². The Bertz CT molecular complexity index is 807. The van der Waals surface area contributed by atoms with Crippen molar-refractivity contribution in [3.05, 3.63) is 53.7 Å². The van der Waals surface area contributed by atoms with Crippen LogP contribution in [0.5, 0.6) is 5.75 Å². The molecule has 1 aromatic heterocycles. The molecule has 1 aromatic carbocycles. The summed E-state index contributed by atoms with van der Waals surface area (Å²) < 4.78 is 16.6. The minimum Gasteiger partial charge on any atom is -0.497 e. The van der Waals surface area contributed by atoms with Gasteiger partial charge in [-0.25, -0.2) is 4.98 Å². The fraction of sp³-hybridized carbons (Fsp3) is 0.455. The van der Waals surface area contributed by atoms with Gasteiger partial charge in [0.05, 0.1) is 25.9 Å². The molecule has 7 heteroatoms. The summed E-state index contributed by atoms with van der Waals surface area (Å²) in [7, 11) is 1.66. The lowest BCUT2D eigenvalue weighted by atomic mass is 10.0. The predicted octanol–water partition coefficient (Wildman–Crippen LogP) is 2.72. The molecular weight excluding hydrogens is 370 g/mol. The van der Waals surface area contributed by atoms with Crippen molar-refractivity contribution in [3.8, 4) is 5.75 Å². The minimum absolute atomic E-state index is 0.00938. The number of nitrogens with one attached hydrogen (secondary N) is 1. The Labute approximate surface area is 171 Å². The van der Waals surface area contributed by atoms with Gasteiger partial charge in [0.25, 0.3) is 5.91 Å². The zero-order chi connectivity index (χ0) is 20.1. The summed E-state index contributed by atoms with van der Waals surface area (Å²) in [4.78, 5) is 19.0. The van der Waals surface area contributed by atoms with Crippen molar-refractivity contribution >= 4 is 11.7 Å². The molecule has 7 nitrogen and oxygen atoms in total. The van der Waals surface area contributed by atoms with E-state index >= 15 is 0 Å². The third-order valence-electron chi connectivity index (χ3n) is 5.52. The Kier molecular flexibility index (Phi) is 5.97. The van der Waals surface area contributed by atoms with E-state index in [0.29, 0.717) is 31.9 Å². The number of rotatable bonds is 6. The lowest BCUT2D eigenvalue weighted by Crippen LogP contribution is -2.47. The van der Waals surface area contributed by atoms with Gasteiger partial charge in [0.2, 0.25) is 0 Å². The maximum absolute atomic E-state index is 12.7. The normalized spacial score (nSPS) is 18.0. The second-order valence-electron chi connectivity index (χ2n) is 7.36. The number of nitrogens with zero attached hydrogens (tertiary/aromatic N) is 2. The van der Waals surface area contributed by atoms with E-state index in [1.165, 1.54) is 5.56 Å². The highest BCUT2D eigenvalue weighted by atomic mass is 16.7. The quantitative estimate of drug-likeness (QED) is 0.808. The average molecular weight is 397 g/mol. The number of carbonyl (C=O) groups is 1. The van der Waals surface area contributed by atoms with E-state index < -0.39 is 5.79 Å². The second-order valence-corrected chi connectivity index (χ2v) is 7.36. The molecule has 2 fully saturated rings. The molecule has 3 heterocycles. The molecule has 0 unspecified atom stereocenters. The smallest absolute Gasteiger partial charge is 0.255 e. The highest BCUT2D eigenvalue weighted by Crippen LogP contribution is 2.31. The molecule has 0 bridgehead atoms. The van der Waals surface area contributed by atoms with Crippen molar-refractivity contribution in [2.24, 2.45) is 0 Å². The molecule has 1 N–H and O–H groups in total. The molecule has 2 aliphatic heterocycles. The Balaban J connectivity index is 1.25. The number of anilines is 1. The van der Waals surface area contributed by atoms with Gasteiger partial charge in [0.15, 0.2) is 5.79 Å². The Morgan fingerprint density at radius 1 is 1.14 bits per heavy atom. The van der Waals surface area contributed by atoms with Crippen molar-refractivity contribution in [2.45, 2.75) is 25.0 Å². The van der Waals surface area contributed by atoms with Gasteiger partial charge in [0, 0.05) is 38.7 Å². The molecule has 2 saturated heterocycles. The van der Waals surface area contributed by atoms with Crippen LogP contribution in [0.15, 0.2) is 42.6 Å². The van der Waals surface area contributed by atoms with Gasteiger partial charge in [-0.3, -0.25) is 4.79 Å². The van der Waals surface area contributed by atoms with Crippen LogP contribution < -0.4 is 10.1 Å². The van der Waals surface area contributed by atoms with E-state index in [1.54, 1.807) is 13.3 Å². The summed E-state index contributed by atoms with van der Waals surface area (Å²) in [5.41, 5.74) is 1.83. The maximum atomic E-state index is 12.7. The largest absolute Gasteiger partial charge is 0.497 e. The van der Waals surface area contributed by atoms with Gasteiger partial charge >= 0.3 is 0 Å². The van der Waals surface area contributed by atoms with E-state index in [2.05, 4.69) is 22.4 Å². The summed E-state index contributed by atoms with van der Waals surface area (Å²) >= 11 is 0. The van der Waals surface area contributed by atoms with E-state index in [1.807, 2.05) is 29.2 Å². The number of likely N-dealkylation sites (tertiary alicyclic amines) is 1. The van der Waals surface area contributed by atoms with Crippen LogP contribution in [0.2, 0.25) is 0 Å². The van der Waals surface area contributed by atoms with Gasteiger partial charge in [-0.2, -0.15) is 0 Å². The number of ether oxygens (including phenoxy) is 3. The van der Waals surface area contributed by atoms with E-state index in [-0.39, 0.29) is 5.91 Å². The number of carbonyl (C=O) groups excluding carboxylic acids is 1. The molecular formula is C22H27N3O4. The lowest BCUT2D eigenvalue weighted by molar-refractivity contribution is -0.181. The highest BCUT2D eigenvalue weighted by Gasteiger charge is 2.40. The zero-order valence-corrected chi connectivity index (χ0v) is 16.7. The Morgan fingerprint density at radius 3 is 2.48 bits per heavy atom. The van der Waals surface area contributed by atoms with E-state index in [9.17, 15) is 4.79 Å². The number of benzene rings is 1. The van der Waals surface area contributed by atoms with Crippen LogP contribution in [0.25, 0.3) is 0 Å². The van der Waals surface area contributed by atoms with Gasteiger partial charge in [-0.15, -0.1) is 0 Å². The molecule has 4 rings (SSSR count). The Morgan fingerprint density at radius 2 is 1.86 bits per heavy atom. The molecule has 1 spiro atoms. The molecule has 1 amide bonds. The number of hydrogen-bond donors (Lipinski definition) is 1. The summed E-state index contributed by atoms with van der Waals surface area (Å²) in [6.45, 7) is 3.33. The van der Waals surface area contributed by atoms with Crippen molar-refractivity contribution in [3.63, 3.8) is 0 Å². The van der Waals surface area contributed by atoms with Crippen LogP contribution in [0, 0.1) is 0 Å². The molecule has 2 aromatic rings. The first-order chi connectivity index (χ1) is 14.2. The van der Waals surface area contributed by atoms with Crippen LogP contribution in [0.4, 0.5) is 5.82 Å². The summed E-state index contributed by atoms with van der Waals surface area (Å²) in [6.07, 6.45) is 3.96. The molecule has 154 valence electrons. The van der Waals surface area contributed by atoms with Gasteiger partial charge < -0.3 is 24.4 Å². The average Bonchev–Trinajstić information content (AvgIpc) is 3.23. The standard InChI is InChI=1S/C22H27N3O4/c1-27-19-5-2-17(3-6-19)8-11-23-20-7-4-18(16-24-20)21(26)25-12-9-22(10-13-25)28-14-15-29-22/h2-7,16H,8-15H2,1H3,(H,23,24). The first kappa shape index (κ1) is 19.7. The Hall–Kier alpha value is -2.64. The fourth-order valence-corrected chi connectivity index (χ4v) is 3.77. The van der Waals surface area contributed by atoms with E-state index in [4.69, 9.17) is 14.2 Å². The summed E-state index contributed by atoms with van der Waals surface area (Å²) in [5, 5.41) is 3.30. The van der Waals surface area contributed by atoms with Crippen molar-refractivity contribution < 1.29 is 19.0 Å². The first-order valence-electron chi connectivity index (χ1n) is 10.1. The second kappa shape index (κ2) is 8.80. The third-order valence-corrected chi connectivity index (χ3v) is 5.52. The number of amides is 1. The van der Waals surface area contributed by atoms with Gasteiger partial charge in [0.1, 0.15) is 11.6 Å². The SMILES string of the molecule is COc1ccc(CCNc2ccc(C(=O)N3CCC4(CC3)OCCO4)cn2)cc1. The van der Waals surface area contributed by atoms with Crippen molar-refractivity contribution in [1.82, 2.24) is 9.88 Å². The van der Waals surface area contributed by atoms with Crippen LogP contribution in [0.3, 0.4) is 0 Å². The molecule has 0 aliphatic carbocycles. The van der Waals surface area contributed by atoms with Crippen LogP contribution in [0.1, 0.15) is 28.8 Å². The third kappa shape index (κ3) is 4.68. The number of aromatic nitrogens is 1. The first-order valence-corrected chi connectivity index (χ1v) is 10.1. The summed E-state index contributed by atoms with van der Waals surface area (Å²) in [5.74, 6) is 1.17. The molecule has 0 atom stereocenters. The van der Waals surface area contributed by atoms with Gasteiger partial charge in [-0.05, 0) is 36.2 Å². The number of piperidine rings is 1. The lowest BCUT2D eigenvalue weighted by Gasteiger charge is -2.37. The molecule has 29 heavy (non-hydrogen) atoms. The number of pyridine rings is 1. The van der Waals surface area contributed by atoms with Crippen molar-refractivity contribution in [1.29, 1.82) is 0 Å². The molecule has 0 radical (unpaired) electrons.